The zero-order chi connectivity index (χ0) is 28.8. The maximum Gasteiger partial charge on any atom is 0.305 e. The number of nitrogens with one attached hydrogen (secondary N) is 1. The maximum atomic E-state index is 14.3. The number of benzene rings is 3. The van der Waals surface area contributed by atoms with Crippen LogP contribution in [0.3, 0.4) is 0 Å². The van der Waals surface area contributed by atoms with Crippen molar-refractivity contribution in [2.24, 2.45) is 0 Å². The molecule has 9 heteroatoms. The molecule has 1 aliphatic rings. The SMILES string of the molecule is CCCC(c1ccc(C(=O)NCCC(=O)O)cc1)C(C(=O)N1CCc2ccc(Cl)c(Cl)c2C1)c1ccc(Cl)cc1. The van der Waals surface area contributed by atoms with E-state index in [0.717, 1.165) is 35.1 Å². The zero-order valence-corrected chi connectivity index (χ0v) is 24.4. The molecule has 210 valence electrons. The molecule has 0 saturated carbocycles. The van der Waals surface area contributed by atoms with E-state index in [-0.39, 0.29) is 30.7 Å². The predicted molar refractivity (Wildman–Crippen MR) is 158 cm³/mol. The van der Waals surface area contributed by atoms with Crippen LogP contribution in [-0.4, -0.2) is 40.9 Å². The molecule has 2 atom stereocenters. The van der Waals surface area contributed by atoms with E-state index < -0.39 is 11.9 Å². The summed E-state index contributed by atoms with van der Waals surface area (Å²) >= 11 is 19.0. The van der Waals surface area contributed by atoms with E-state index in [9.17, 15) is 14.4 Å². The Bertz CT molecular complexity index is 1380. The Morgan fingerprint density at radius 2 is 1.62 bits per heavy atom. The minimum Gasteiger partial charge on any atom is -0.481 e. The van der Waals surface area contributed by atoms with Gasteiger partial charge in [0.1, 0.15) is 0 Å². The molecule has 0 aromatic heterocycles. The summed E-state index contributed by atoms with van der Waals surface area (Å²) in [6, 6.07) is 18.4. The van der Waals surface area contributed by atoms with Crippen molar-refractivity contribution < 1.29 is 19.5 Å². The molecule has 2 unspecified atom stereocenters. The molecule has 2 N–H and O–H groups in total. The molecule has 2 amide bonds. The van der Waals surface area contributed by atoms with Gasteiger partial charge in [0, 0.05) is 30.2 Å². The van der Waals surface area contributed by atoms with Gasteiger partial charge < -0.3 is 15.3 Å². The quantitative estimate of drug-likeness (QED) is 0.259. The minimum atomic E-state index is -0.974. The molecule has 0 aliphatic carbocycles. The lowest BCUT2D eigenvalue weighted by atomic mass is 9.77. The standard InChI is InChI=1S/C31H31Cl3N2O4/c1-2-3-24(19-4-6-22(7-5-19)30(39)35-16-14-27(37)38)28(21-8-11-23(32)12-9-21)31(40)36-17-15-20-10-13-26(33)29(34)25(20)18-36/h4-13,24,28H,2-3,14-18H2,1H3,(H,35,39)(H,37,38). The van der Waals surface area contributed by atoms with Crippen molar-refractivity contribution in [1.29, 1.82) is 0 Å². The topological polar surface area (TPSA) is 86.7 Å². The second-order valence-corrected chi connectivity index (χ2v) is 11.2. The Labute approximate surface area is 249 Å². The van der Waals surface area contributed by atoms with Gasteiger partial charge in [-0.2, -0.15) is 0 Å². The van der Waals surface area contributed by atoms with Crippen LogP contribution < -0.4 is 5.32 Å². The van der Waals surface area contributed by atoms with Crippen molar-refractivity contribution >= 4 is 52.6 Å². The fraction of sp³-hybridized carbons (Fsp3) is 0.323. The van der Waals surface area contributed by atoms with E-state index >= 15 is 0 Å². The summed E-state index contributed by atoms with van der Waals surface area (Å²) in [5, 5.41) is 13.0. The zero-order valence-electron chi connectivity index (χ0n) is 22.1. The van der Waals surface area contributed by atoms with Crippen molar-refractivity contribution in [3.63, 3.8) is 0 Å². The largest absolute Gasteiger partial charge is 0.481 e. The van der Waals surface area contributed by atoms with Crippen LogP contribution in [0.5, 0.6) is 0 Å². The van der Waals surface area contributed by atoms with Crippen molar-refractivity contribution in [2.45, 2.75) is 51.0 Å². The molecule has 4 rings (SSSR count). The van der Waals surface area contributed by atoms with Crippen molar-refractivity contribution in [3.05, 3.63) is 104 Å². The first-order chi connectivity index (χ1) is 19.2. The van der Waals surface area contributed by atoms with Crippen molar-refractivity contribution in [3.8, 4) is 0 Å². The van der Waals surface area contributed by atoms with Gasteiger partial charge in [-0.25, -0.2) is 0 Å². The number of fused-ring (bicyclic) bond motifs is 1. The predicted octanol–water partition coefficient (Wildman–Crippen LogP) is 7.10. The van der Waals surface area contributed by atoms with Crippen LogP contribution in [0, 0.1) is 0 Å². The number of carbonyl (C=O) groups excluding carboxylic acids is 2. The van der Waals surface area contributed by atoms with Gasteiger partial charge in [0.25, 0.3) is 5.91 Å². The van der Waals surface area contributed by atoms with E-state index in [1.807, 2.05) is 35.2 Å². The van der Waals surface area contributed by atoms with Crippen LogP contribution in [-0.2, 0) is 22.6 Å². The molecule has 3 aromatic carbocycles. The van der Waals surface area contributed by atoms with Crippen molar-refractivity contribution in [2.75, 3.05) is 13.1 Å². The van der Waals surface area contributed by atoms with Gasteiger partial charge in [-0.3, -0.25) is 14.4 Å². The Kier molecular flexibility index (Phi) is 10.1. The first kappa shape index (κ1) is 29.9. The fourth-order valence-electron chi connectivity index (χ4n) is 5.27. The molecule has 1 aliphatic heterocycles. The Balaban J connectivity index is 1.65. The molecule has 0 bridgehead atoms. The highest BCUT2D eigenvalue weighted by atomic mass is 35.5. The molecule has 0 fully saturated rings. The monoisotopic (exact) mass is 600 g/mol. The average molecular weight is 602 g/mol. The number of amides is 2. The van der Waals surface area contributed by atoms with E-state index in [1.54, 1.807) is 30.3 Å². The Morgan fingerprint density at radius 3 is 2.27 bits per heavy atom. The van der Waals surface area contributed by atoms with Gasteiger partial charge >= 0.3 is 5.97 Å². The number of hydrogen-bond acceptors (Lipinski definition) is 3. The molecular weight excluding hydrogens is 571 g/mol. The minimum absolute atomic E-state index is 0.00189. The third-order valence-electron chi connectivity index (χ3n) is 7.33. The average Bonchev–Trinajstić information content (AvgIpc) is 2.95. The Morgan fingerprint density at radius 1 is 0.950 bits per heavy atom. The third kappa shape index (κ3) is 6.98. The molecule has 0 spiro atoms. The number of aliphatic carboxylic acids is 1. The first-order valence-electron chi connectivity index (χ1n) is 13.3. The van der Waals surface area contributed by atoms with Crippen molar-refractivity contribution in [1.82, 2.24) is 10.2 Å². The van der Waals surface area contributed by atoms with Gasteiger partial charge in [0.05, 0.1) is 22.4 Å². The smallest absolute Gasteiger partial charge is 0.305 e. The number of carboxylic acid groups (broad SMARTS) is 1. The highest BCUT2D eigenvalue weighted by molar-refractivity contribution is 6.42. The number of carbonyl (C=O) groups is 3. The summed E-state index contributed by atoms with van der Waals surface area (Å²) in [6.45, 7) is 3.09. The van der Waals surface area contributed by atoms with Gasteiger partial charge in [0.15, 0.2) is 0 Å². The maximum absolute atomic E-state index is 14.3. The highest BCUT2D eigenvalue weighted by Crippen LogP contribution is 2.40. The van der Waals surface area contributed by atoms with Gasteiger partial charge in [-0.1, -0.05) is 78.5 Å². The van der Waals surface area contributed by atoms with Crippen LogP contribution in [0.1, 0.15) is 70.6 Å². The number of rotatable bonds is 10. The molecule has 0 saturated heterocycles. The second kappa shape index (κ2) is 13.5. The molecule has 0 radical (unpaired) electrons. The summed E-state index contributed by atoms with van der Waals surface area (Å²) in [5.41, 5.74) is 4.22. The summed E-state index contributed by atoms with van der Waals surface area (Å²) < 4.78 is 0. The van der Waals surface area contributed by atoms with Crippen LogP contribution in [0.2, 0.25) is 15.1 Å². The van der Waals surface area contributed by atoms with Gasteiger partial charge in [-0.15, -0.1) is 0 Å². The second-order valence-electron chi connectivity index (χ2n) is 9.95. The number of halogens is 3. The Hall–Kier alpha value is -3.06. The lowest BCUT2D eigenvalue weighted by Crippen LogP contribution is -2.40. The van der Waals surface area contributed by atoms with E-state index in [1.165, 1.54) is 0 Å². The van der Waals surface area contributed by atoms with Crippen LogP contribution in [0.15, 0.2) is 60.7 Å². The molecule has 3 aromatic rings. The number of carboxylic acids is 1. The summed E-state index contributed by atoms with van der Waals surface area (Å²) in [5.74, 6) is -1.95. The molecule has 6 nitrogen and oxygen atoms in total. The third-order valence-corrected chi connectivity index (χ3v) is 8.42. The van der Waals surface area contributed by atoms with E-state index in [4.69, 9.17) is 39.9 Å². The molecular formula is C31H31Cl3N2O4. The van der Waals surface area contributed by atoms with Crippen LogP contribution in [0.25, 0.3) is 0 Å². The lowest BCUT2D eigenvalue weighted by Gasteiger charge is -2.36. The van der Waals surface area contributed by atoms with Gasteiger partial charge in [0.2, 0.25) is 5.91 Å². The lowest BCUT2D eigenvalue weighted by molar-refractivity contribution is -0.137. The molecule has 40 heavy (non-hydrogen) atoms. The fourth-order valence-corrected chi connectivity index (χ4v) is 5.82. The molecule has 1 heterocycles. The summed E-state index contributed by atoms with van der Waals surface area (Å²) in [6.07, 6.45) is 2.14. The first-order valence-corrected chi connectivity index (χ1v) is 14.4. The van der Waals surface area contributed by atoms with E-state index in [2.05, 4.69) is 12.2 Å². The summed E-state index contributed by atoms with van der Waals surface area (Å²) in [7, 11) is 0. The summed E-state index contributed by atoms with van der Waals surface area (Å²) in [4.78, 5) is 39.4. The number of nitrogens with zero attached hydrogens (tertiary/aromatic N) is 1. The number of hydrogen-bond donors (Lipinski definition) is 2. The normalized spacial score (nSPS) is 14.2. The van der Waals surface area contributed by atoms with Gasteiger partial charge in [-0.05, 0) is 71.3 Å². The highest BCUT2D eigenvalue weighted by Gasteiger charge is 2.35. The van der Waals surface area contributed by atoms with Crippen LogP contribution >= 0.6 is 34.8 Å². The van der Waals surface area contributed by atoms with Crippen LogP contribution in [0.4, 0.5) is 0 Å². The van der Waals surface area contributed by atoms with E-state index in [0.29, 0.717) is 40.1 Å².